The molecule has 2 heterocycles. The first-order chi connectivity index (χ1) is 18.7. The minimum absolute atomic E-state index is 0.0321. The molecule has 3 aromatic carbocycles. The minimum atomic E-state index is -1.38. The monoisotopic (exact) mass is 531 g/mol. The molecule has 9 nitrogen and oxygen atoms in total. The Morgan fingerprint density at radius 3 is 2.49 bits per heavy atom. The molecule has 3 amide bonds. The number of hydrogen-bond donors (Lipinski definition) is 1. The molecule has 1 atom stereocenters. The topological polar surface area (TPSA) is 105 Å². The van der Waals surface area contributed by atoms with Gasteiger partial charge in [0.25, 0.3) is 11.7 Å². The molecule has 39 heavy (non-hydrogen) atoms. The van der Waals surface area contributed by atoms with Crippen LogP contribution in [0.15, 0.2) is 66.7 Å². The van der Waals surface area contributed by atoms with Gasteiger partial charge < -0.3 is 19.7 Å². The number of amides is 3. The van der Waals surface area contributed by atoms with Gasteiger partial charge in [-0.05, 0) is 55.3 Å². The van der Waals surface area contributed by atoms with E-state index in [1.807, 2.05) is 0 Å². The first-order valence-electron chi connectivity index (χ1n) is 12.4. The first-order valence-corrected chi connectivity index (χ1v) is 12.4. The van der Waals surface area contributed by atoms with E-state index in [1.165, 1.54) is 35.2 Å². The molecule has 10 heteroatoms. The third-order valence-corrected chi connectivity index (χ3v) is 7.13. The number of hydrogen-bond acceptors (Lipinski definition) is 6. The van der Waals surface area contributed by atoms with Crippen LogP contribution < -0.4 is 19.7 Å². The predicted octanol–water partition coefficient (Wildman–Crippen LogP) is 3.92. The number of carbonyl (C=O) groups excluding carboxylic acids is 4. The van der Waals surface area contributed by atoms with Gasteiger partial charge >= 0.3 is 0 Å². The Hall–Kier alpha value is -4.73. The van der Waals surface area contributed by atoms with Gasteiger partial charge in [-0.15, -0.1) is 0 Å². The molecular weight excluding hydrogens is 505 g/mol. The van der Waals surface area contributed by atoms with E-state index >= 15 is 0 Å². The number of carbonyl (C=O) groups is 4. The van der Waals surface area contributed by atoms with Crippen molar-refractivity contribution < 1.29 is 33.0 Å². The molecule has 5 rings (SSSR count). The summed E-state index contributed by atoms with van der Waals surface area (Å²) in [5.41, 5.74) is 0.218. The van der Waals surface area contributed by atoms with Crippen LogP contribution in [0, 0.1) is 5.82 Å². The number of ketones is 1. The molecule has 0 saturated carbocycles. The van der Waals surface area contributed by atoms with Gasteiger partial charge in [-0.1, -0.05) is 31.2 Å². The molecule has 1 unspecified atom stereocenters. The zero-order chi connectivity index (χ0) is 27.7. The average Bonchev–Trinajstić information content (AvgIpc) is 3.50. The van der Waals surface area contributed by atoms with Crippen molar-refractivity contribution in [2.45, 2.75) is 32.4 Å². The fourth-order valence-corrected chi connectivity index (χ4v) is 4.65. The summed E-state index contributed by atoms with van der Waals surface area (Å²) in [7, 11) is 0. The third-order valence-electron chi connectivity index (χ3n) is 7.13. The van der Waals surface area contributed by atoms with Crippen molar-refractivity contribution >= 4 is 34.9 Å². The lowest BCUT2D eigenvalue weighted by molar-refractivity contribution is -0.145. The van der Waals surface area contributed by atoms with Crippen molar-refractivity contribution in [3.63, 3.8) is 0 Å². The van der Waals surface area contributed by atoms with Crippen LogP contribution in [0.2, 0.25) is 0 Å². The number of fused-ring (bicyclic) bond motifs is 2. The Labute approximate surface area is 224 Å². The van der Waals surface area contributed by atoms with Crippen molar-refractivity contribution in [3.8, 4) is 11.5 Å². The summed E-state index contributed by atoms with van der Waals surface area (Å²) >= 11 is 0. The number of Topliss-reactive ketones (excluding diaryl/α,β-unsaturated/α-hetero) is 1. The minimum Gasteiger partial charge on any atom is -0.454 e. The molecule has 0 radical (unpaired) electrons. The lowest BCUT2D eigenvalue weighted by Crippen LogP contribution is -2.58. The highest BCUT2D eigenvalue weighted by molar-refractivity contribution is 6.52. The van der Waals surface area contributed by atoms with E-state index in [0.717, 1.165) is 4.90 Å². The van der Waals surface area contributed by atoms with Crippen molar-refractivity contribution in [2.24, 2.45) is 0 Å². The van der Waals surface area contributed by atoms with Gasteiger partial charge in [-0.3, -0.25) is 24.1 Å². The molecule has 0 bridgehead atoms. The number of rotatable bonds is 8. The van der Waals surface area contributed by atoms with Crippen LogP contribution in [0.4, 0.5) is 15.8 Å². The van der Waals surface area contributed by atoms with Gasteiger partial charge in [0.05, 0.1) is 11.3 Å². The van der Waals surface area contributed by atoms with Gasteiger partial charge in [0, 0.05) is 18.3 Å². The van der Waals surface area contributed by atoms with E-state index in [2.05, 4.69) is 5.32 Å². The summed E-state index contributed by atoms with van der Waals surface area (Å²) in [4.78, 5) is 55.4. The summed E-state index contributed by atoms with van der Waals surface area (Å²) < 4.78 is 24.3. The van der Waals surface area contributed by atoms with Gasteiger partial charge in [-0.2, -0.15) is 0 Å². The van der Waals surface area contributed by atoms with E-state index in [0.29, 0.717) is 28.4 Å². The second-order valence-electron chi connectivity index (χ2n) is 9.49. The Bertz CT molecular complexity index is 1470. The maximum Gasteiger partial charge on any atom is 0.299 e. The summed E-state index contributed by atoms with van der Waals surface area (Å²) in [6.45, 7) is 3.00. The van der Waals surface area contributed by atoms with Crippen molar-refractivity contribution in [3.05, 3.63) is 83.7 Å². The molecule has 3 aromatic rings. The summed E-state index contributed by atoms with van der Waals surface area (Å²) in [5.74, 6) is -1.92. The van der Waals surface area contributed by atoms with Gasteiger partial charge in [0.1, 0.15) is 17.9 Å². The molecule has 0 spiro atoms. The van der Waals surface area contributed by atoms with E-state index in [1.54, 1.807) is 50.2 Å². The van der Waals surface area contributed by atoms with Crippen molar-refractivity contribution in [2.75, 3.05) is 23.6 Å². The standard InChI is InChI=1S/C29H26FN3O6/c1-3-29(2,28(37)31-20-12-13-23-24(14-20)39-17-38-23)33(15-18-8-10-19(30)11-9-18)25(34)16-32-22-7-5-4-6-21(22)26(35)27(32)36/h4-14H,3,15-17H2,1-2H3,(H,31,37). The molecule has 1 N–H and O–H groups in total. The number of anilines is 2. The lowest BCUT2D eigenvalue weighted by Gasteiger charge is -2.40. The molecule has 2 aliphatic heterocycles. The normalized spacial score (nSPS) is 15.1. The van der Waals surface area contributed by atoms with Crippen LogP contribution in [-0.4, -0.2) is 47.3 Å². The fraction of sp³-hybridized carbons (Fsp3) is 0.241. The number of ether oxygens (including phenoxy) is 2. The molecule has 0 aromatic heterocycles. The quantitative estimate of drug-likeness (QED) is 0.442. The van der Waals surface area contributed by atoms with Crippen LogP contribution >= 0.6 is 0 Å². The smallest absolute Gasteiger partial charge is 0.299 e. The Morgan fingerprint density at radius 2 is 1.74 bits per heavy atom. The molecule has 2 aliphatic rings. The summed E-state index contributed by atoms with van der Waals surface area (Å²) in [6, 6.07) is 17.0. The molecule has 0 aliphatic carbocycles. The second-order valence-corrected chi connectivity index (χ2v) is 9.49. The van der Waals surface area contributed by atoms with Crippen LogP contribution in [0.25, 0.3) is 0 Å². The maximum atomic E-state index is 13.9. The van der Waals surface area contributed by atoms with Crippen molar-refractivity contribution in [1.82, 2.24) is 4.90 Å². The Morgan fingerprint density at radius 1 is 1.03 bits per heavy atom. The van der Waals surface area contributed by atoms with Gasteiger partial charge in [0.2, 0.25) is 18.6 Å². The number of halogens is 1. The van der Waals surface area contributed by atoms with Crippen LogP contribution in [-0.2, 0) is 20.9 Å². The van der Waals surface area contributed by atoms with E-state index < -0.39 is 41.4 Å². The Kier molecular flexibility index (Phi) is 6.78. The molecule has 200 valence electrons. The van der Waals surface area contributed by atoms with E-state index in [-0.39, 0.29) is 25.3 Å². The zero-order valence-corrected chi connectivity index (χ0v) is 21.4. The second kappa shape index (κ2) is 10.2. The number of nitrogens with zero attached hydrogens (tertiary/aromatic N) is 2. The van der Waals surface area contributed by atoms with Crippen LogP contribution in [0.1, 0.15) is 36.2 Å². The maximum absolute atomic E-state index is 13.9. The SMILES string of the molecule is CCC(C)(C(=O)Nc1ccc2c(c1)OCO2)N(Cc1ccc(F)cc1)C(=O)CN1C(=O)C(=O)c2ccccc21. The molecule has 0 saturated heterocycles. The highest BCUT2D eigenvalue weighted by Crippen LogP contribution is 2.35. The highest BCUT2D eigenvalue weighted by Gasteiger charge is 2.43. The van der Waals surface area contributed by atoms with Crippen LogP contribution in [0.5, 0.6) is 11.5 Å². The summed E-state index contributed by atoms with van der Waals surface area (Å²) in [6.07, 6.45) is 0.222. The van der Waals surface area contributed by atoms with E-state index in [9.17, 15) is 23.6 Å². The zero-order valence-electron chi connectivity index (χ0n) is 21.4. The largest absolute Gasteiger partial charge is 0.454 e. The molecule has 0 fully saturated rings. The Balaban J connectivity index is 1.46. The lowest BCUT2D eigenvalue weighted by atomic mass is 9.93. The van der Waals surface area contributed by atoms with Crippen molar-refractivity contribution in [1.29, 1.82) is 0 Å². The predicted molar refractivity (Wildman–Crippen MR) is 140 cm³/mol. The highest BCUT2D eigenvalue weighted by atomic mass is 19.1. The van der Waals surface area contributed by atoms with Gasteiger partial charge in [-0.25, -0.2) is 4.39 Å². The average molecular weight is 532 g/mol. The number of benzene rings is 3. The number of para-hydroxylation sites is 1. The van der Waals surface area contributed by atoms with Crippen LogP contribution in [0.3, 0.4) is 0 Å². The summed E-state index contributed by atoms with van der Waals surface area (Å²) in [5, 5.41) is 2.86. The third kappa shape index (κ3) is 4.81. The first kappa shape index (κ1) is 25.9. The van der Waals surface area contributed by atoms with Gasteiger partial charge in [0.15, 0.2) is 11.5 Å². The van der Waals surface area contributed by atoms with E-state index in [4.69, 9.17) is 9.47 Å². The molecular formula is C29H26FN3O6. The fourth-order valence-electron chi connectivity index (χ4n) is 4.65. The number of nitrogens with one attached hydrogen (secondary N) is 1.